The van der Waals surface area contributed by atoms with Gasteiger partial charge in [0.15, 0.2) is 0 Å². The molecule has 0 aromatic heterocycles. The molecule has 0 aromatic carbocycles. The van der Waals surface area contributed by atoms with E-state index in [1.54, 1.807) is 0 Å². The third-order valence-corrected chi connectivity index (χ3v) is 4.51. The fraction of sp³-hybridized carbons (Fsp3) is 0.800. The summed E-state index contributed by atoms with van der Waals surface area (Å²) < 4.78 is 0. The van der Waals surface area contributed by atoms with Gasteiger partial charge in [0.2, 0.25) is 0 Å². The predicted octanol–water partition coefficient (Wildman–Crippen LogP) is 1.57. The van der Waals surface area contributed by atoms with Gasteiger partial charge in [-0.3, -0.25) is 0 Å². The fourth-order valence-corrected chi connectivity index (χ4v) is 3.03. The van der Waals surface area contributed by atoms with Gasteiger partial charge in [-0.25, -0.2) is 0 Å². The second-order valence-corrected chi connectivity index (χ2v) is 5.01. The minimum Gasteiger partial charge on any atom is -0.400 e. The Morgan fingerprint density at radius 1 is 1.25 bits per heavy atom. The van der Waals surface area contributed by atoms with Crippen LogP contribution < -0.4 is 11.5 Å². The molecule has 12 heavy (non-hydrogen) atoms. The highest BCUT2D eigenvalue weighted by atomic mass is 14.8. The molecule has 0 saturated heterocycles. The highest BCUT2D eigenvalue weighted by molar-refractivity contribution is 5.34. The zero-order valence-electron chi connectivity index (χ0n) is 8.15. The number of hydrogen-bond acceptors (Lipinski definition) is 2. The van der Waals surface area contributed by atoms with E-state index < -0.39 is 0 Å². The van der Waals surface area contributed by atoms with E-state index in [0.29, 0.717) is 5.92 Å². The summed E-state index contributed by atoms with van der Waals surface area (Å²) >= 11 is 0. The van der Waals surface area contributed by atoms with Crippen molar-refractivity contribution in [3.63, 3.8) is 0 Å². The largest absolute Gasteiger partial charge is 0.400 e. The average Bonchev–Trinajstić information content (AvgIpc) is 2.26. The van der Waals surface area contributed by atoms with Gasteiger partial charge < -0.3 is 11.5 Å². The van der Waals surface area contributed by atoms with Crippen LogP contribution in [0.5, 0.6) is 0 Å². The Labute approximate surface area is 74.0 Å². The molecule has 0 aliphatic heterocycles. The van der Waals surface area contributed by atoms with E-state index >= 15 is 0 Å². The van der Waals surface area contributed by atoms with Crippen molar-refractivity contribution < 1.29 is 0 Å². The SMILES string of the molecule is CC12CCC(C(N)=C1N)C2(C)C. The molecule has 2 aliphatic carbocycles. The van der Waals surface area contributed by atoms with Crippen molar-refractivity contribution in [2.24, 2.45) is 28.2 Å². The van der Waals surface area contributed by atoms with E-state index in [1.165, 1.54) is 12.8 Å². The summed E-state index contributed by atoms with van der Waals surface area (Å²) in [6.07, 6.45) is 2.42. The molecular formula is C10H18N2. The summed E-state index contributed by atoms with van der Waals surface area (Å²) in [5, 5.41) is 0. The van der Waals surface area contributed by atoms with Crippen LogP contribution >= 0.6 is 0 Å². The Morgan fingerprint density at radius 3 is 2.08 bits per heavy atom. The van der Waals surface area contributed by atoms with Gasteiger partial charge in [-0.15, -0.1) is 0 Å². The monoisotopic (exact) mass is 166 g/mol. The maximum Gasteiger partial charge on any atom is 0.0340 e. The van der Waals surface area contributed by atoms with E-state index in [2.05, 4.69) is 20.8 Å². The first kappa shape index (κ1) is 7.96. The lowest BCUT2D eigenvalue weighted by atomic mass is 9.69. The van der Waals surface area contributed by atoms with Gasteiger partial charge in [-0.05, 0) is 18.3 Å². The summed E-state index contributed by atoms with van der Waals surface area (Å²) in [4.78, 5) is 0. The highest BCUT2D eigenvalue weighted by Gasteiger charge is 2.59. The Hall–Kier alpha value is -0.660. The summed E-state index contributed by atoms with van der Waals surface area (Å²) in [6.45, 7) is 6.83. The lowest BCUT2D eigenvalue weighted by Crippen LogP contribution is -2.32. The second-order valence-electron chi connectivity index (χ2n) is 5.01. The molecule has 1 fully saturated rings. The molecule has 2 heteroatoms. The van der Waals surface area contributed by atoms with Gasteiger partial charge in [-0.1, -0.05) is 20.8 Å². The number of fused-ring (bicyclic) bond motifs is 2. The Kier molecular flexibility index (Phi) is 1.20. The number of hydrogen-bond donors (Lipinski definition) is 2. The van der Waals surface area contributed by atoms with E-state index in [-0.39, 0.29) is 10.8 Å². The molecule has 1 saturated carbocycles. The number of allylic oxidation sites excluding steroid dienone is 2. The molecule has 2 nitrogen and oxygen atoms in total. The van der Waals surface area contributed by atoms with E-state index in [9.17, 15) is 0 Å². The fourth-order valence-electron chi connectivity index (χ4n) is 3.03. The van der Waals surface area contributed by atoms with Gasteiger partial charge in [0.05, 0.1) is 0 Å². The molecule has 0 heterocycles. The van der Waals surface area contributed by atoms with Crippen molar-refractivity contribution in [3.05, 3.63) is 11.4 Å². The quantitative estimate of drug-likeness (QED) is 0.574. The van der Waals surface area contributed by atoms with Crippen LogP contribution in [-0.4, -0.2) is 0 Å². The van der Waals surface area contributed by atoms with E-state index in [1.807, 2.05) is 0 Å². The van der Waals surface area contributed by atoms with Crippen LogP contribution in [0.1, 0.15) is 33.6 Å². The lowest BCUT2D eigenvalue weighted by Gasteiger charge is -2.35. The molecule has 2 atom stereocenters. The molecule has 68 valence electrons. The molecule has 2 unspecified atom stereocenters. The van der Waals surface area contributed by atoms with Crippen LogP contribution in [0.4, 0.5) is 0 Å². The van der Waals surface area contributed by atoms with Gasteiger partial charge >= 0.3 is 0 Å². The maximum absolute atomic E-state index is 6.03. The van der Waals surface area contributed by atoms with Crippen molar-refractivity contribution in [1.82, 2.24) is 0 Å². The van der Waals surface area contributed by atoms with Crippen LogP contribution in [0.25, 0.3) is 0 Å². The van der Waals surface area contributed by atoms with Crippen LogP contribution in [0.15, 0.2) is 11.4 Å². The van der Waals surface area contributed by atoms with Crippen molar-refractivity contribution in [2.45, 2.75) is 33.6 Å². The van der Waals surface area contributed by atoms with Crippen LogP contribution in [-0.2, 0) is 0 Å². The summed E-state index contributed by atoms with van der Waals surface area (Å²) in [5.41, 5.74) is 14.4. The molecule has 0 amide bonds. The minimum atomic E-state index is 0.168. The molecule has 4 N–H and O–H groups in total. The molecule has 2 aliphatic rings. The van der Waals surface area contributed by atoms with Crippen molar-refractivity contribution in [1.29, 1.82) is 0 Å². The first-order chi connectivity index (χ1) is 5.41. The van der Waals surface area contributed by atoms with Gasteiger partial charge in [-0.2, -0.15) is 0 Å². The minimum absolute atomic E-state index is 0.168. The summed E-state index contributed by atoms with van der Waals surface area (Å²) in [7, 11) is 0. The lowest BCUT2D eigenvalue weighted by molar-refractivity contribution is 0.168. The standard InChI is InChI=1S/C10H18N2/c1-9(2)6-4-5-10(9,3)8(12)7(6)11/h6H,4-5,11-12H2,1-3H3. The maximum atomic E-state index is 6.03. The predicted molar refractivity (Wildman–Crippen MR) is 50.0 cm³/mol. The summed E-state index contributed by atoms with van der Waals surface area (Å²) in [5.74, 6) is 0.530. The van der Waals surface area contributed by atoms with Crippen molar-refractivity contribution in [2.75, 3.05) is 0 Å². The zero-order valence-corrected chi connectivity index (χ0v) is 8.15. The highest BCUT2D eigenvalue weighted by Crippen LogP contribution is 2.65. The van der Waals surface area contributed by atoms with Crippen LogP contribution in [0.2, 0.25) is 0 Å². The smallest absolute Gasteiger partial charge is 0.0340 e. The van der Waals surface area contributed by atoms with Gasteiger partial charge in [0.25, 0.3) is 0 Å². The third-order valence-electron chi connectivity index (χ3n) is 4.51. The van der Waals surface area contributed by atoms with E-state index in [0.717, 1.165) is 11.4 Å². The normalized spacial score (nSPS) is 44.1. The Bertz CT molecular complexity index is 265. The third kappa shape index (κ3) is 0.551. The molecule has 2 bridgehead atoms. The van der Waals surface area contributed by atoms with Crippen molar-refractivity contribution in [3.8, 4) is 0 Å². The Morgan fingerprint density at radius 2 is 1.83 bits per heavy atom. The Balaban J connectivity index is 2.56. The molecular weight excluding hydrogens is 148 g/mol. The topological polar surface area (TPSA) is 52.0 Å². The molecule has 2 rings (SSSR count). The van der Waals surface area contributed by atoms with Crippen molar-refractivity contribution >= 4 is 0 Å². The van der Waals surface area contributed by atoms with Crippen LogP contribution in [0, 0.1) is 16.7 Å². The number of rotatable bonds is 0. The van der Waals surface area contributed by atoms with E-state index in [4.69, 9.17) is 11.5 Å². The number of nitrogens with two attached hydrogens (primary N) is 2. The first-order valence-electron chi connectivity index (χ1n) is 4.67. The first-order valence-corrected chi connectivity index (χ1v) is 4.67. The molecule has 0 radical (unpaired) electrons. The second kappa shape index (κ2) is 1.81. The zero-order chi connectivity index (χ0) is 9.15. The van der Waals surface area contributed by atoms with Gasteiger partial charge in [0.1, 0.15) is 0 Å². The van der Waals surface area contributed by atoms with Crippen LogP contribution in [0.3, 0.4) is 0 Å². The molecule has 0 spiro atoms. The molecule has 0 aromatic rings. The summed E-state index contributed by atoms with van der Waals surface area (Å²) in [6, 6.07) is 0. The van der Waals surface area contributed by atoms with Gasteiger partial charge in [0, 0.05) is 22.7 Å². The average molecular weight is 166 g/mol.